The molecule has 0 bridgehead atoms. The van der Waals surface area contributed by atoms with Crippen LogP contribution in [0.4, 0.5) is 5.13 Å². The molecule has 2 aromatic rings. The number of benzene rings is 1. The Morgan fingerprint density at radius 2 is 1.75 bits per heavy atom. The summed E-state index contributed by atoms with van der Waals surface area (Å²) < 4.78 is 0. The standard InChI is InChI=1S/C14H19N3O2S/c1-8(2)4-13-16-17-14(20-13)15-9(3)10-5-11(18)7-12(19)6-10/h5-9,18-19H,4H2,1-3H3,(H,15,17). The van der Waals surface area contributed by atoms with E-state index in [-0.39, 0.29) is 17.5 Å². The van der Waals surface area contributed by atoms with Gasteiger partial charge in [-0.25, -0.2) is 0 Å². The number of aromatic hydroxyl groups is 2. The number of phenolic OH excluding ortho intramolecular Hbond substituents is 2. The second kappa shape index (κ2) is 6.09. The second-order valence-electron chi connectivity index (χ2n) is 5.25. The van der Waals surface area contributed by atoms with Gasteiger partial charge in [-0.15, -0.1) is 10.2 Å². The minimum Gasteiger partial charge on any atom is -0.508 e. The summed E-state index contributed by atoms with van der Waals surface area (Å²) in [6, 6.07) is 4.47. The van der Waals surface area contributed by atoms with Gasteiger partial charge in [0.1, 0.15) is 16.5 Å². The molecule has 0 saturated carbocycles. The Morgan fingerprint density at radius 1 is 1.10 bits per heavy atom. The number of anilines is 1. The molecule has 1 unspecified atom stereocenters. The lowest BCUT2D eigenvalue weighted by molar-refractivity contribution is 0.448. The van der Waals surface area contributed by atoms with E-state index in [1.807, 2.05) is 6.92 Å². The summed E-state index contributed by atoms with van der Waals surface area (Å²) in [6.07, 6.45) is 0.917. The molecule has 1 heterocycles. The van der Waals surface area contributed by atoms with Crippen LogP contribution in [0.2, 0.25) is 0 Å². The lowest BCUT2D eigenvalue weighted by Gasteiger charge is -2.13. The maximum Gasteiger partial charge on any atom is 0.206 e. The highest BCUT2D eigenvalue weighted by Gasteiger charge is 2.12. The number of nitrogens with one attached hydrogen (secondary N) is 1. The fourth-order valence-corrected chi connectivity index (χ4v) is 2.92. The van der Waals surface area contributed by atoms with Crippen molar-refractivity contribution in [2.75, 3.05) is 5.32 Å². The molecule has 6 heteroatoms. The van der Waals surface area contributed by atoms with Gasteiger partial charge in [0.2, 0.25) is 5.13 Å². The average Bonchev–Trinajstić information content (AvgIpc) is 2.74. The van der Waals surface area contributed by atoms with Crippen LogP contribution in [0.3, 0.4) is 0 Å². The molecule has 0 amide bonds. The largest absolute Gasteiger partial charge is 0.508 e. The molecule has 1 aromatic heterocycles. The van der Waals surface area contributed by atoms with Crippen LogP contribution in [0.25, 0.3) is 0 Å². The normalized spacial score (nSPS) is 12.6. The first kappa shape index (κ1) is 14.6. The Morgan fingerprint density at radius 3 is 2.35 bits per heavy atom. The molecule has 1 aromatic carbocycles. The molecule has 0 aliphatic heterocycles. The minimum atomic E-state index is -0.0761. The van der Waals surface area contributed by atoms with Crippen molar-refractivity contribution in [1.82, 2.24) is 10.2 Å². The van der Waals surface area contributed by atoms with Crippen LogP contribution in [0.5, 0.6) is 11.5 Å². The van der Waals surface area contributed by atoms with Gasteiger partial charge in [0.15, 0.2) is 0 Å². The molecule has 1 atom stereocenters. The summed E-state index contributed by atoms with van der Waals surface area (Å²) in [5, 5.41) is 32.2. The first-order valence-electron chi connectivity index (χ1n) is 6.56. The molecule has 0 saturated heterocycles. The van der Waals surface area contributed by atoms with Crippen molar-refractivity contribution in [1.29, 1.82) is 0 Å². The number of phenols is 2. The van der Waals surface area contributed by atoms with Crippen molar-refractivity contribution in [2.24, 2.45) is 5.92 Å². The number of hydrogen-bond donors (Lipinski definition) is 3. The number of hydrogen-bond acceptors (Lipinski definition) is 6. The summed E-state index contributed by atoms with van der Waals surface area (Å²) in [5.74, 6) is 0.647. The first-order chi connectivity index (χ1) is 9.44. The molecule has 5 nitrogen and oxygen atoms in total. The van der Waals surface area contributed by atoms with E-state index in [9.17, 15) is 10.2 Å². The first-order valence-corrected chi connectivity index (χ1v) is 7.37. The maximum absolute atomic E-state index is 9.50. The topological polar surface area (TPSA) is 78.3 Å². The van der Waals surface area contributed by atoms with E-state index >= 15 is 0 Å². The van der Waals surface area contributed by atoms with Gasteiger partial charge in [-0.1, -0.05) is 25.2 Å². The molecule has 2 rings (SSSR count). The molecule has 0 radical (unpaired) electrons. The van der Waals surface area contributed by atoms with E-state index in [0.717, 1.165) is 22.1 Å². The van der Waals surface area contributed by atoms with Gasteiger partial charge in [0.25, 0.3) is 0 Å². The third-order valence-corrected chi connectivity index (χ3v) is 3.69. The molecule has 0 spiro atoms. The van der Waals surface area contributed by atoms with Crippen molar-refractivity contribution in [3.05, 3.63) is 28.8 Å². The predicted molar refractivity (Wildman–Crippen MR) is 80.3 cm³/mol. The maximum atomic E-state index is 9.50. The molecule has 108 valence electrons. The van der Waals surface area contributed by atoms with Gasteiger partial charge >= 0.3 is 0 Å². The Hall–Kier alpha value is -1.82. The second-order valence-corrected chi connectivity index (χ2v) is 6.31. The SMILES string of the molecule is CC(C)Cc1nnc(NC(C)c2cc(O)cc(O)c2)s1. The fraction of sp³-hybridized carbons (Fsp3) is 0.429. The van der Waals surface area contributed by atoms with Crippen molar-refractivity contribution in [2.45, 2.75) is 33.2 Å². The van der Waals surface area contributed by atoms with Crippen LogP contribution in [-0.4, -0.2) is 20.4 Å². The summed E-state index contributed by atoms with van der Waals surface area (Å²) >= 11 is 1.53. The zero-order valence-corrected chi connectivity index (χ0v) is 12.6. The molecule has 0 fully saturated rings. The van der Waals surface area contributed by atoms with Crippen molar-refractivity contribution >= 4 is 16.5 Å². The van der Waals surface area contributed by atoms with Crippen LogP contribution in [0, 0.1) is 5.92 Å². The zero-order chi connectivity index (χ0) is 14.7. The predicted octanol–water partition coefficient (Wildman–Crippen LogP) is 3.32. The van der Waals surface area contributed by atoms with Crippen molar-refractivity contribution < 1.29 is 10.2 Å². The molecule has 3 N–H and O–H groups in total. The highest BCUT2D eigenvalue weighted by molar-refractivity contribution is 7.15. The van der Waals surface area contributed by atoms with E-state index in [2.05, 4.69) is 29.4 Å². The van der Waals surface area contributed by atoms with E-state index in [1.54, 1.807) is 12.1 Å². The Bertz CT molecular complexity index is 563. The highest BCUT2D eigenvalue weighted by atomic mass is 32.1. The summed E-state index contributed by atoms with van der Waals surface area (Å²) in [4.78, 5) is 0. The van der Waals surface area contributed by atoms with Crippen molar-refractivity contribution in [3.8, 4) is 11.5 Å². The van der Waals surface area contributed by atoms with Gasteiger partial charge in [-0.05, 0) is 30.5 Å². The van der Waals surface area contributed by atoms with Crippen LogP contribution in [-0.2, 0) is 6.42 Å². The van der Waals surface area contributed by atoms with E-state index in [0.29, 0.717) is 5.92 Å². The lowest BCUT2D eigenvalue weighted by Crippen LogP contribution is -2.06. The van der Waals surface area contributed by atoms with Crippen LogP contribution < -0.4 is 5.32 Å². The van der Waals surface area contributed by atoms with E-state index in [4.69, 9.17) is 0 Å². The number of nitrogens with zero attached hydrogens (tertiary/aromatic N) is 2. The Labute approximate surface area is 122 Å². The monoisotopic (exact) mass is 293 g/mol. The highest BCUT2D eigenvalue weighted by Crippen LogP contribution is 2.28. The van der Waals surface area contributed by atoms with Crippen LogP contribution in [0.15, 0.2) is 18.2 Å². The zero-order valence-electron chi connectivity index (χ0n) is 11.8. The van der Waals surface area contributed by atoms with Gasteiger partial charge in [0.05, 0.1) is 6.04 Å². The van der Waals surface area contributed by atoms with Crippen LogP contribution >= 0.6 is 11.3 Å². The van der Waals surface area contributed by atoms with E-state index < -0.39 is 0 Å². The molecule has 0 aliphatic rings. The quantitative estimate of drug-likeness (QED) is 0.788. The average molecular weight is 293 g/mol. The van der Waals surface area contributed by atoms with E-state index in [1.165, 1.54) is 17.4 Å². The third kappa shape index (κ3) is 3.84. The number of rotatable bonds is 5. The van der Waals surface area contributed by atoms with Crippen LogP contribution in [0.1, 0.15) is 37.4 Å². The summed E-state index contributed by atoms with van der Waals surface area (Å²) in [6.45, 7) is 6.23. The summed E-state index contributed by atoms with van der Waals surface area (Å²) in [5.41, 5.74) is 0.795. The summed E-state index contributed by atoms with van der Waals surface area (Å²) in [7, 11) is 0. The van der Waals surface area contributed by atoms with Gasteiger partial charge < -0.3 is 15.5 Å². The lowest BCUT2D eigenvalue weighted by atomic mass is 10.1. The number of aromatic nitrogens is 2. The Balaban J connectivity index is 2.07. The van der Waals surface area contributed by atoms with Gasteiger partial charge in [-0.3, -0.25) is 0 Å². The minimum absolute atomic E-state index is 0.0476. The van der Waals surface area contributed by atoms with Gasteiger partial charge in [-0.2, -0.15) is 0 Å². The van der Waals surface area contributed by atoms with Gasteiger partial charge in [0, 0.05) is 12.5 Å². The smallest absolute Gasteiger partial charge is 0.206 e. The third-order valence-electron chi connectivity index (χ3n) is 2.81. The fourth-order valence-electron chi connectivity index (χ4n) is 1.88. The molecular formula is C14H19N3O2S. The Kier molecular flexibility index (Phi) is 4.44. The van der Waals surface area contributed by atoms with Crippen molar-refractivity contribution in [3.63, 3.8) is 0 Å². The molecule has 20 heavy (non-hydrogen) atoms. The molecular weight excluding hydrogens is 274 g/mol. The molecule has 0 aliphatic carbocycles.